The minimum atomic E-state index is -3.99. The number of amides is 1. The number of carbonyl (C=O) groups is 1. The minimum Gasteiger partial charge on any atom is -0.491 e. The Morgan fingerprint density at radius 3 is 2.31 bits per heavy atom. The van der Waals surface area contributed by atoms with Gasteiger partial charge in [0, 0.05) is 5.02 Å². The lowest BCUT2D eigenvalue weighted by Gasteiger charge is -2.25. The number of hydrogen-bond acceptors (Lipinski definition) is 4. The van der Waals surface area contributed by atoms with Gasteiger partial charge in [-0.25, -0.2) is 8.42 Å². The van der Waals surface area contributed by atoms with Crippen molar-refractivity contribution in [2.45, 2.75) is 38.0 Å². The van der Waals surface area contributed by atoms with E-state index in [4.69, 9.17) is 16.3 Å². The van der Waals surface area contributed by atoms with Crippen LogP contribution in [0.15, 0.2) is 77.7 Å². The number of hydrogen-bond donors (Lipinski definition) is 1. The highest BCUT2D eigenvalue weighted by molar-refractivity contribution is 7.92. The lowest BCUT2D eigenvalue weighted by Crippen LogP contribution is -2.42. The molecule has 186 valence electrons. The zero-order chi connectivity index (χ0) is 25.6. The molecule has 0 unspecified atom stereocenters. The zero-order valence-corrected chi connectivity index (χ0v) is 22.0. The fourth-order valence-corrected chi connectivity index (χ4v) is 5.13. The molecule has 0 aliphatic carbocycles. The summed E-state index contributed by atoms with van der Waals surface area (Å²) in [4.78, 5) is 12.9. The first kappa shape index (κ1) is 26.6. The highest BCUT2D eigenvalue weighted by Gasteiger charge is 2.27. The molecule has 0 fully saturated rings. The molecule has 3 aromatic carbocycles. The molecule has 0 radical (unpaired) electrons. The molecule has 1 amide bonds. The van der Waals surface area contributed by atoms with Crippen LogP contribution in [0.3, 0.4) is 0 Å². The van der Waals surface area contributed by atoms with E-state index in [9.17, 15) is 13.2 Å². The van der Waals surface area contributed by atoms with Gasteiger partial charge in [-0.05, 0) is 53.8 Å². The molecule has 0 aromatic heterocycles. The largest absolute Gasteiger partial charge is 0.491 e. The Morgan fingerprint density at radius 1 is 1.00 bits per heavy atom. The SMILES string of the molecule is Cc1ccc(N(CC(=O)NCCOc2ccccc2C(C)(C)C)S(=O)(=O)c2ccccc2)cc1Cl. The van der Waals surface area contributed by atoms with Crippen LogP contribution in [0.5, 0.6) is 5.75 Å². The summed E-state index contributed by atoms with van der Waals surface area (Å²) in [6, 6.07) is 20.7. The Balaban J connectivity index is 1.72. The molecule has 0 saturated carbocycles. The number of ether oxygens (including phenoxy) is 1. The van der Waals surface area contributed by atoms with Crippen LogP contribution in [0.2, 0.25) is 5.02 Å². The van der Waals surface area contributed by atoms with Gasteiger partial charge >= 0.3 is 0 Å². The predicted octanol–water partition coefficient (Wildman–Crippen LogP) is 5.34. The van der Waals surface area contributed by atoms with Gasteiger partial charge < -0.3 is 10.1 Å². The molecule has 0 atom stereocenters. The second-order valence-corrected chi connectivity index (χ2v) is 11.5. The summed E-state index contributed by atoms with van der Waals surface area (Å²) in [5.41, 5.74) is 2.11. The second kappa shape index (κ2) is 11.1. The molecule has 0 heterocycles. The maximum absolute atomic E-state index is 13.4. The van der Waals surface area contributed by atoms with Gasteiger partial charge in [-0.3, -0.25) is 9.10 Å². The van der Waals surface area contributed by atoms with E-state index in [2.05, 4.69) is 26.1 Å². The third-order valence-corrected chi connectivity index (χ3v) is 7.63. The van der Waals surface area contributed by atoms with E-state index in [0.29, 0.717) is 10.7 Å². The van der Waals surface area contributed by atoms with Gasteiger partial charge in [-0.1, -0.05) is 74.8 Å². The zero-order valence-electron chi connectivity index (χ0n) is 20.4. The first-order valence-corrected chi connectivity index (χ1v) is 13.1. The first-order valence-electron chi connectivity index (χ1n) is 11.3. The lowest BCUT2D eigenvalue weighted by molar-refractivity contribution is -0.119. The average molecular weight is 515 g/mol. The topological polar surface area (TPSA) is 75.7 Å². The number of para-hydroxylation sites is 1. The Bertz CT molecular complexity index is 1270. The number of benzene rings is 3. The van der Waals surface area contributed by atoms with Crippen LogP contribution in [0.25, 0.3) is 0 Å². The lowest BCUT2D eigenvalue weighted by atomic mass is 9.86. The van der Waals surface area contributed by atoms with Crippen LogP contribution in [0, 0.1) is 6.92 Å². The summed E-state index contributed by atoms with van der Waals surface area (Å²) in [5.74, 6) is 0.311. The van der Waals surface area contributed by atoms with Crippen molar-refractivity contribution in [2.24, 2.45) is 0 Å². The third-order valence-electron chi connectivity index (χ3n) is 5.44. The normalized spacial score (nSPS) is 11.7. The summed E-state index contributed by atoms with van der Waals surface area (Å²) < 4.78 is 33.8. The van der Waals surface area contributed by atoms with E-state index >= 15 is 0 Å². The van der Waals surface area contributed by atoms with Crippen molar-refractivity contribution < 1.29 is 17.9 Å². The van der Waals surface area contributed by atoms with Crippen LogP contribution in [0.1, 0.15) is 31.9 Å². The Labute approximate surface area is 212 Å². The molecule has 3 aromatic rings. The van der Waals surface area contributed by atoms with Crippen molar-refractivity contribution in [3.05, 3.63) is 88.9 Å². The van der Waals surface area contributed by atoms with E-state index in [1.165, 1.54) is 12.1 Å². The number of sulfonamides is 1. The van der Waals surface area contributed by atoms with Gasteiger partial charge in [-0.15, -0.1) is 0 Å². The van der Waals surface area contributed by atoms with Crippen molar-refractivity contribution in [2.75, 3.05) is 24.0 Å². The van der Waals surface area contributed by atoms with Crippen molar-refractivity contribution in [3.8, 4) is 5.75 Å². The molecule has 35 heavy (non-hydrogen) atoms. The molecule has 0 saturated heterocycles. The molecule has 1 N–H and O–H groups in total. The fourth-order valence-electron chi connectivity index (χ4n) is 3.52. The number of nitrogens with zero attached hydrogens (tertiary/aromatic N) is 1. The van der Waals surface area contributed by atoms with Crippen molar-refractivity contribution >= 4 is 33.2 Å². The smallest absolute Gasteiger partial charge is 0.264 e. The van der Waals surface area contributed by atoms with Gasteiger partial charge in [0.05, 0.1) is 17.1 Å². The summed E-state index contributed by atoms with van der Waals surface area (Å²) in [6.07, 6.45) is 0. The van der Waals surface area contributed by atoms with Crippen LogP contribution in [-0.4, -0.2) is 34.0 Å². The summed E-state index contributed by atoms with van der Waals surface area (Å²) in [5, 5.41) is 3.18. The maximum atomic E-state index is 13.4. The monoisotopic (exact) mass is 514 g/mol. The molecule has 8 heteroatoms. The summed E-state index contributed by atoms with van der Waals surface area (Å²) >= 11 is 6.26. The number of nitrogens with one attached hydrogen (secondary N) is 1. The highest BCUT2D eigenvalue weighted by atomic mass is 35.5. The van der Waals surface area contributed by atoms with E-state index in [0.717, 1.165) is 21.2 Å². The van der Waals surface area contributed by atoms with E-state index in [1.807, 2.05) is 31.2 Å². The molecular formula is C27H31ClN2O4S. The molecule has 0 aliphatic heterocycles. The van der Waals surface area contributed by atoms with E-state index in [-0.39, 0.29) is 23.5 Å². The Hall–Kier alpha value is -3.03. The quantitative estimate of drug-likeness (QED) is 0.391. The van der Waals surface area contributed by atoms with E-state index in [1.54, 1.807) is 36.4 Å². The predicted molar refractivity (Wildman–Crippen MR) is 141 cm³/mol. The van der Waals surface area contributed by atoms with Crippen molar-refractivity contribution in [1.82, 2.24) is 5.32 Å². The standard InChI is InChI=1S/C27H31ClN2O4S/c1-20-14-15-21(18-24(20)28)30(35(32,33)22-10-6-5-7-11-22)19-26(31)29-16-17-34-25-13-9-8-12-23(25)27(2,3)4/h5-15,18H,16-17,19H2,1-4H3,(H,29,31). The number of carbonyl (C=O) groups excluding carboxylic acids is 1. The fraction of sp³-hybridized carbons (Fsp3) is 0.296. The molecule has 3 rings (SSSR count). The Kier molecular flexibility index (Phi) is 8.46. The molecule has 0 aliphatic rings. The van der Waals surface area contributed by atoms with Gasteiger partial charge in [0.2, 0.25) is 5.91 Å². The number of aryl methyl sites for hydroxylation is 1. The van der Waals surface area contributed by atoms with Crippen LogP contribution in [-0.2, 0) is 20.2 Å². The summed E-state index contributed by atoms with van der Waals surface area (Å²) in [7, 11) is -3.99. The van der Waals surface area contributed by atoms with Gasteiger partial charge in [0.1, 0.15) is 18.9 Å². The Morgan fingerprint density at radius 2 is 1.66 bits per heavy atom. The molecule has 0 bridgehead atoms. The number of anilines is 1. The van der Waals surface area contributed by atoms with Crippen LogP contribution in [0.4, 0.5) is 5.69 Å². The molecule has 6 nitrogen and oxygen atoms in total. The van der Waals surface area contributed by atoms with Gasteiger partial charge in [0.15, 0.2) is 0 Å². The number of halogens is 1. The third kappa shape index (κ3) is 6.77. The van der Waals surface area contributed by atoms with E-state index < -0.39 is 22.5 Å². The number of rotatable bonds is 9. The highest BCUT2D eigenvalue weighted by Crippen LogP contribution is 2.31. The van der Waals surface area contributed by atoms with Crippen LogP contribution < -0.4 is 14.4 Å². The van der Waals surface area contributed by atoms with Gasteiger partial charge in [0.25, 0.3) is 10.0 Å². The first-order chi connectivity index (χ1) is 16.5. The molecule has 0 spiro atoms. The van der Waals surface area contributed by atoms with Crippen molar-refractivity contribution in [1.29, 1.82) is 0 Å². The summed E-state index contributed by atoms with van der Waals surface area (Å²) in [6.45, 7) is 8.23. The molecular weight excluding hydrogens is 484 g/mol. The second-order valence-electron chi connectivity index (χ2n) is 9.20. The van der Waals surface area contributed by atoms with Gasteiger partial charge in [-0.2, -0.15) is 0 Å². The van der Waals surface area contributed by atoms with Crippen molar-refractivity contribution in [3.63, 3.8) is 0 Å². The van der Waals surface area contributed by atoms with Crippen LogP contribution >= 0.6 is 11.6 Å². The minimum absolute atomic E-state index is 0.0819. The maximum Gasteiger partial charge on any atom is 0.264 e. The average Bonchev–Trinajstić information content (AvgIpc) is 2.82.